The van der Waals surface area contributed by atoms with E-state index < -0.39 is 11.8 Å². The summed E-state index contributed by atoms with van der Waals surface area (Å²) < 4.78 is 1.10. The zero-order valence-electron chi connectivity index (χ0n) is 13.1. The van der Waals surface area contributed by atoms with Crippen molar-refractivity contribution < 1.29 is 14.4 Å². The van der Waals surface area contributed by atoms with E-state index in [2.05, 4.69) is 21.4 Å². The smallest absolute Gasteiger partial charge is 0.285 e. The van der Waals surface area contributed by atoms with Crippen LogP contribution < -0.4 is 5.43 Å². The number of aldehydes is 1. The maximum atomic E-state index is 12.5. The quantitative estimate of drug-likeness (QED) is 0.439. The van der Waals surface area contributed by atoms with Gasteiger partial charge in [0.25, 0.3) is 11.8 Å². The average molecular weight is 447 g/mol. The van der Waals surface area contributed by atoms with Crippen LogP contribution in [0.3, 0.4) is 0 Å². The van der Waals surface area contributed by atoms with Gasteiger partial charge in [-0.1, -0.05) is 52.0 Å². The van der Waals surface area contributed by atoms with Crippen LogP contribution in [0.25, 0.3) is 6.08 Å². The highest BCUT2D eigenvalue weighted by Gasteiger charge is 2.33. The molecule has 1 N–H and O–H groups in total. The van der Waals surface area contributed by atoms with Crippen LogP contribution in [0.1, 0.15) is 26.3 Å². The number of carbonyl (C=O) groups is 3. The summed E-state index contributed by atoms with van der Waals surface area (Å²) in [5, 5.41) is 1.07. The fourth-order valence-electron chi connectivity index (χ4n) is 2.15. The van der Waals surface area contributed by atoms with Crippen LogP contribution in [0.5, 0.6) is 0 Å². The monoisotopic (exact) mass is 446 g/mol. The Morgan fingerprint density at radius 1 is 1.08 bits per heavy atom. The van der Waals surface area contributed by atoms with Crippen LogP contribution in [0, 0.1) is 0 Å². The van der Waals surface area contributed by atoms with E-state index in [-0.39, 0.29) is 4.32 Å². The summed E-state index contributed by atoms with van der Waals surface area (Å²) in [4.78, 5) is 35.9. The van der Waals surface area contributed by atoms with Crippen molar-refractivity contribution in [1.29, 1.82) is 0 Å². The zero-order valence-corrected chi connectivity index (χ0v) is 16.4. The minimum Gasteiger partial charge on any atom is -0.298 e. The van der Waals surface area contributed by atoms with Crippen molar-refractivity contribution in [3.05, 3.63) is 74.6 Å². The van der Waals surface area contributed by atoms with Crippen LogP contribution >= 0.6 is 39.9 Å². The first-order chi connectivity index (χ1) is 12.5. The molecular weight excluding hydrogens is 436 g/mol. The molecule has 0 unspecified atom stereocenters. The first-order valence-corrected chi connectivity index (χ1v) is 9.39. The molecule has 8 heteroatoms. The second-order valence-electron chi connectivity index (χ2n) is 5.25. The molecular formula is C18H11BrN2O3S2. The molecule has 0 atom stereocenters. The van der Waals surface area contributed by atoms with Gasteiger partial charge in [-0.3, -0.25) is 19.8 Å². The fourth-order valence-corrected chi connectivity index (χ4v) is 3.60. The SMILES string of the molecule is O=Cc1ccc(/C=C2\SC(=S)N(NC(=O)c3ccc(Br)cc3)C2=O)cc1. The van der Waals surface area contributed by atoms with E-state index in [1.165, 1.54) is 0 Å². The highest BCUT2D eigenvalue weighted by Crippen LogP contribution is 2.31. The van der Waals surface area contributed by atoms with E-state index in [9.17, 15) is 14.4 Å². The number of rotatable bonds is 4. The lowest BCUT2D eigenvalue weighted by Crippen LogP contribution is -2.44. The van der Waals surface area contributed by atoms with Gasteiger partial charge in [-0.15, -0.1) is 0 Å². The molecule has 0 saturated carbocycles. The number of nitrogens with zero attached hydrogens (tertiary/aromatic N) is 1. The van der Waals surface area contributed by atoms with Gasteiger partial charge < -0.3 is 0 Å². The number of carbonyl (C=O) groups excluding carboxylic acids is 3. The van der Waals surface area contributed by atoms with Gasteiger partial charge in [-0.25, -0.2) is 0 Å². The van der Waals surface area contributed by atoms with Gasteiger partial charge in [-0.05, 0) is 48.1 Å². The molecule has 0 aliphatic carbocycles. The number of halogens is 1. The molecule has 1 aliphatic rings. The largest absolute Gasteiger partial charge is 0.298 e. The van der Waals surface area contributed by atoms with Crippen LogP contribution in [0.2, 0.25) is 0 Å². The van der Waals surface area contributed by atoms with Crippen molar-refractivity contribution >= 4 is 68.4 Å². The number of amides is 2. The summed E-state index contributed by atoms with van der Waals surface area (Å²) in [5.74, 6) is -0.824. The summed E-state index contributed by atoms with van der Waals surface area (Å²) in [6.07, 6.45) is 2.42. The van der Waals surface area contributed by atoms with E-state index in [0.717, 1.165) is 33.1 Å². The van der Waals surface area contributed by atoms with Crippen molar-refractivity contribution in [3.63, 3.8) is 0 Å². The minimum absolute atomic E-state index is 0.247. The van der Waals surface area contributed by atoms with Gasteiger partial charge in [-0.2, -0.15) is 5.01 Å². The number of benzene rings is 2. The second-order valence-corrected chi connectivity index (χ2v) is 7.84. The Balaban J connectivity index is 1.75. The molecule has 2 aromatic rings. The Bertz CT molecular complexity index is 924. The van der Waals surface area contributed by atoms with E-state index in [0.29, 0.717) is 16.0 Å². The molecule has 1 fully saturated rings. The molecule has 2 aromatic carbocycles. The van der Waals surface area contributed by atoms with Crippen molar-refractivity contribution in [2.45, 2.75) is 0 Å². The van der Waals surface area contributed by atoms with Gasteiger partial charge >= 0.3 is 0 Å². The summed E-state index contributed by atoms with van der Waals surface area (Å²) in [6.45, 7) is 0. The Hall–Kier alpha value is -2.29. The standard InChI is InChI=1S/C18H11BrN2O3S2/c19-14-7-5-13(6-8-14)16(23)20-21-17(24)15(26-18(21)25)9-11-1-3-12(10-22)4-2-11/h1-10H,(H,20,23)/b15-9-. The van der Waals surface area contributed by atoms with Crippen molar-refractivity contribution in [2.24, 2.45) is 0 Å². The molecule has 3 rings (SSSR count). The van der Waals surface area contributed by atoms with Gasteiger partial charge in [0.1, 0.15) is 6.29 Å². The third kappa shape index (κ3) is 4.09. The number of hydrogen-bond donors (Lipinski definition) is 1. The summed E-state index contributed by atoms with van der Waals surface area (Å²) >= 11 is 9.60. The maximum absolute atomic E-state index is 12.5. The summed E-state index contributed by atoms with van der Waals surface area (Å²) in [7, 11) is 0. The molecule has 26 heavy (non-hydrogen) atoms. The maximum Gasteiger partial charge on any atom is 0.285 e. The number of thioether (sulfide) groups is 1. The topological polar surface area (TPSA) is 66.5 Å². The Kier molecular flexibility index (Phi) is 5.65. The number of hydrogen-bond acceptors (Lipinski definition) is 5. The summed E-state index contributed by atoms with van der Waals surface area (Å²) in [5.41, 5.74) is 4.25. The average Bonchev–Trinajstić information content (AvgIpc) is 2.90. The lowest BCUT2D eigenvalue weighted by Gasteiger charge is -2.15. The lowest BCUT2D eigenvalue weighted by molar-refractivity contribution is -0.123. The Labute approximate surface area is 167 Å². The van der Waals surface area contributed by atoms with Gasteiger partial charge in [0, 0.05) is 15.6 Å². The van der Waals surface area contributed by atoms with Crippen LogP contribution in [0.15, 0.2) is 57.9 Å². The van der Waals surface area contributed by atoms with Crippen LogP contribution in [0.4, 0.5) is 0 Å². The molecule has 0 aromatic heterocycles. The van der Waals surface area contributed by atoms with Gasteiger partial charge in [0.15, 0.2) is 4.32 Å². The van der Waals surface area contributed by atoms with E-state index >= 15 is 0 Å². The highest BCUT2D eigenvalue weighted by molar-refractivity contribution is 9.10. The molecule has 1 saturated heterocycles. The zero-order chi connectivity index (χ0) is 18.7. The molecule has 2 amide bonds. The summed E-state index contributed by atoms with van der Waals surface area (Å²) in [6, 6.07) is 13.5. The van der Waals surface area contributed by atoms with E-state index in [1.54, 1.807) is 54.6 Å². The third-order valence-electron chi connectivity index (χ3n) is 3.48. The van der Waals surface area contributed by atoms with Gasteiger partial charge in [0.2, 0.25) is 0 Å². The molecule has 0 radical (unpaired) electrons. The highest BCUT2D eigenvalue weighted by atomic mass is 79.9. The van der Waals surface area contributed by atoms with Crippen LogP contribution in [-0.2, 0) is 4.79 Å². The Morgan fingerprint density at radius 2 is 1.69 bits per heavy atom. The van der Waals surface area contributed by atoms with E-state index in [1.807, 2.05) is 0 Å². The minimum atomic E-state index is -0.426. The number of hydrazine groups is 1. The fraction of sp³-hybridized carbons (Fsp3) is 0. The van der Waals surface area contributed by atoms with Crippen LogP contribution in [-0.4, -0.2) is 27.4 Å². The van der Waals surface area contributed by atoms with Crippen molar-refractivity contribution in [3.8, 4) is 0 Å². The molecule has 1 heterocycles. The first kappa shape index (κ1) is 18.5. The third-order valence-corrected chi connectivity index (χ3v) is 5.31. The molecule has 5 nitrogen and oxygen atoms in total. The predicted molar refractivity (Wildman–Crippen MR) is 108 cm³/mol. The second kappa shape index (κ2) is 7.94. The Morgan fingerprint density at radius 3 is 2.31 bits per heavy atom. The number of nitrogens with one attached hydrogen (secondary N) is 1. The van der Waals surface area contributed by atoms with E-state index in [4.69, 9.17) is 12.2 Å². The molecule has 130 valence electrons. The van der Waals surface area contributed by atoms with Crippen molar-refractivity contribution in [2.75, 3.05) is 0 Å². The predicted octanol–water partition coefficient (Wildman–Crippen LogP) is 3.81. The van der Waals surface area contributed by atoms with Crippen molar-refractivity contribution in [1.82, 2.24) is 10.4 Å². The normalized spacial score (nSPS) is 15.4. The molecule has 1 aliphatic heterocycles. The van der Waals surface area contributed by atoms with Gasteiger partial charge in [0.05, 0.1) is 4.91 Å². The molecule has 0 spiro atoms. The lowest BCUT2D eigenvalue weighted by atomic mass is 10.1. The molecule has 0 bridgehead atoms. The first-order valence-electron chi connectivity index (χ1n) is 7.37. The number of thiocarbonyl (C=S) groups is 1.